The normalized spacial score (nSPS) is 20.0. The number of halogens is 3. The van der Waals surface area contributed by atoms with Crippen LogP contribution in [0.5, 0.6) is 0 Å². The summed E-state index contributed by atoms with van der Waals surface area (Å²) >= 11 is 6.58. The van der Waals surface area contributed by atoms with Gasteiger partial charge >= 0.3 is 0 Å². The molecular weight excluding hydrogens is 441 g/mol. The largest absolute Gasteiger partial charge is 0.334 e. The number of amides is 1. The molecule has 0 aliphatic carbocycles. The lowest BCUT2D eigenvalue weighted by Gasteiger charge is -2.20. The lowest BCUT2D eigenvalue weighted by atomic mass is 10.1. The molecule has 2 aromatic rings. The minimum Gasteiger partial charge on any atom is -0.334 e. The van der Waals surface area contributed by atoms with Crippen molar-refractivity contribution < 1.29 is 4.79 Å². The molecule has 1 fully saturated rings. The molecule has 2 unspecified atom stereocenters. The Morgan fingerprint density at radius 2 is 2.17 bits per heavy atom. The second-order valence-corrected chi connectivity index (χ2v) is 8.00. The van der Waals surface area contributed by atoms with E-state index in [0.717, 1.165) is 27.3 Å². The molecule has 3 rings (SSSR count). The van der Waals surface area contributed by atoms with Gasteiger partial charge in [0, 0.05) is 27.8 Å². The lowest BCUT2D eigenvalue weighted by Crippen LogP contribution is -2.34. The molecule has 0 aromatic carbocycles. The van der Waals surface area contributed by atoms with E-state index in [4.69, 9.17) is 5.73 Å². The van der Waals surface area contributed by atoms with Crippen LogP contribution < -0.4 is 5.73 Å². The third-order valence-corrected chi connectivity index (χ3v) is 6.46. The fourth-order valence-corrected chi connectivity index (χ4v) is 4.96. The summed E-state index contributed by atoms with van der Waals surface area (Å²) in [7, 11) is 0. The van der Waals surface area contributed by atoms with Crippen molar-refractivity contribution in [1.82, 2.24) is 9.88 Å². The zero-order chi connectivity index (χ0) is 15.0. The van der Waals surface area contributed by atoms with E-state index in [9.17, 15) is 4.79 Å². The van der Waals surface area contributed by atoms with Crippen molar-refractivity contribution in [2.75, 3.05) is 13.1 Å². The second-order valence-electron chi connectivity index (χ2n) is 5.31. The number of likely N-dealkylation sites (tertiary alicyclic amines) is 1. The second kappa shape index (κ2) is 8.78. The van der Waals surface area contributed by atoms with Crippen LogP contribution in [0.3, 0.4) is 0 Å². The molecule has 3 heterocycles. The summed E-state index contributed by atoms with van der Waals surface area (Å²) in [6.45, 7) is 3.46. The fraction of sp³-hybridized carbons (Fsp3) is 0.429. The molecule has 0 spiro atoms. The van der Waals surface area contributed by atoms with Gasteiger partial charge in [0.05, 0.1) is 4.88 Å². The standard InChI is InChI=1S/C14H16BrN3OS2.2ClH/c1-8-2-9(4-16)5-18(8)14(19)11-7-21-13(17-11)12-3-10(15)6-20-12;;/h3,6-9H,2,4-5,16H2,1H3;2*1H. The first-order valence-electron chi connectivity index (χ1n) is 6.79. The highest BCUT2D eigenvalue weighted by molar-refractivity contribution is 9.10. The fourth-order valence-electron chi connectivity index (χ4n) is 2.65. The zero-order valence-electron chi connectivity index (χ0n) is 12.4. The van der Waals surface area contributed by atoms with E-state index in [2.05, 4.69) is 27.8 Å². The maximum Gasteiger partial charge on any atom is 0.273 e. The molecule has 1 aliphatic heterocycles. The molecule has 0 bridgehead atoms. The number of rotatable bonds is 3. The first kappa shape index (κ1) is 20.9. The summed E-state index contributed by atoms with van der Waals surface area (Å²) in [6.07, 6.45) is 0.983. The number of aromatic nitrogens is 1. The monoisotopic (exact) mass is 457 g/mol. The van der Waals surface area contributed by atoms with Crippen LogP contribution in [0.4, 0.5) is 0 Å². The van der Waals surface area contributed by atoms with Crippen LogP contribution in [0.25, 0.3) is 9.88 Å². The van der Waals surface area contributed by atoms with E-state index in [1.54, 1.807) is 11.3 Å². The smallest absolute Gasteiger partial charge is 0.273 e. The average Bonchev–Trinajstić information content (AvgIpc) is 3.16. The van der Waals surface area contributed by atoms with Crippen molar-refractivity contribution in [2.24, 2.45) is 11.7 Å². The summed E-state index contributed by atoms with van der Waals surface area (Å²) in [5.41, 5.74) is 6.27. The van der Waals surface area contributed by atoms with Crippen LogP contribution in [0.2, 0.25) is 0 Å². The molecule has 1 saturated heterocycles. The third kappa shape index (κ3) is 4.46. The van der Waals surface area contributed by atoms with Gasteiger partial charge in [-0.15, -0.1) is 47.5 Å². The van der Waals surface area contributed by atoms with Gasteiger partial charge in [-0.05, 0) is 47.8 Å². The summed E-state index contributed by atoms with van der Waals surface area (Å²) in [5.74, 6) is 0.437. The Labute approximate surface area is 164 Å². The van der Waals surface area contributed by atoms with E-state index < -0.39 is 0 Å². The molecule has 128 valence electrons. The molecule has 23 heavy (non-hydrogen) atoms. The Hall–Kier alpha value is -0.180. The molecule has 4 nitrogen and oxygen atoms in total. The van der Waals surface area contributed by atoms with Gasteiger partial charge in [0.15, 0.2) is 0 Å². The number of thiophene rings is 1. The van der Waals surface area contributed by atoms with Gasteiger partial charge in [-0.25, -0.2) is 4.98 Å². The molecular formula is C14H18BrCl2N3OS2. The van der Waals surface area contributed by atoms with E-state index in [1.165, 1.54) is 11.3 Å². The van der Waals surface area contributed by atoms with Gasteiger partial charge in [-0.1, -0.05) is 0 Å². The first-order valence-corrected chi connectivity index (χ1v) is 9.34. The molecule has 1 aliphatic rings. The number of carbonyl (C=O) groups excluding carboxylic acids is 1. The average molecular weight is 459 g/mol. The van der Waals surface area contributed by atoms with Crippen molar-refractivity contribution in [2.45, 2.75) is 19.4 Å². The molecule has 0 saturated carbocycles. The summed E-state index contributed by atoms with van der Waals surface area (Å²) in [6, 6.07) is 2.27. The number of carbonyl (C=O) groups is 1. The third-order valence-electron chi connectivity index (χ3n) is 3.76. The van der Waals surface area contributed by atoms with Crippen molar-refractivity contribution in [1.29, 1.82) is 0 Å². The molecule has 2 atom stereocenters. The van der Waals surface area contributed by atoms with Crippen LogP contribution in [-0.2, 0) is 0 Å². The molecule has 9 heteroatoms. The van der Waals surface area contributed by atoms with Gasteiger partial charge in [0.2, 0.25) is 0 Å². The predicted octanol–water partition coefficient (Wildman–Crippen LogP) is 4.29. The quantitative estimate of drug-likeness (QED) is 0.746. The van der Waals surface area contributed by atoms with Gasteiger partial charge in [-0.3, -0.25) is 4.79 Å². The number of nitrogens with two attached hydrogens (primary N) is 1. The predicted molar refractivity (Wildman–Crippen MR) is 105 cm³/mol. The summed E-state index contributed by atoms with van der Waals surface area (Å²) in [4.78, 5) is 20.1. The van der Waals surface area contributed by atoms with E-state index in [1.807, 2.05) is 21.7 Å². The topological polar surface area (TPSA) is 59.2 Å². The zero-order valence-corrected chi connectivity index (χ0v) is 17.3. The number of hydrogen-bond acceptors (Lipinski definition) is 5. The maximum atomic E-state index is 12.6. The lowest BCUT2D eigenvalue weighted by molar-refractivity contribution is 0.0738. The summed E-state index contributed by atoms with van der Waals surface area (Å²) in [5, 5.41) is 4.77. The van der Waals surface area contributed by atoms with Crippen LogP contribution in [0.1, 0.15) is 23.8 Å². The molecule has 2 N–H and O–H groups in total. The van der Waals surface area contributed by atoms with Crippen molar-refractivity contribution in [3.8, 4) is 9.88 Å². The van der Waals surface area contributed by atoms with Gasteiger partial charge < -0.3 is 10.6 Å². The van der Waals surface area contributed by atoms with Crippen molar-refractivity contribution in [3.63, 3.8) is 0 Å². The molecule has 1 amide bonds. The Balaban J connectivity index is 0.00000132. The minimum atomic E-state index is 0. The van der Waals surface area contributed by atoms with Crippen LogP contribution in [0, 0.1) is 5.92 Å². The van der Waals surface area contributed by atoms with Gasteiger partial charge in [0.25, 0.3) is 5.91 Å². The van der Waals surface area contributed by atoms with Crippen molar-refractivity contribution >= 4 is 69.3 Å². The minimum absolute atomic E-state index is 0. The number of thiazole rings is 1. The van der Waals surface area contributed by atoms with Gasteiger partial charge in [0.1, 0.15) is 10.7 Å². The van der Waals surface area contributed by atoms with Crippen molar-refractivity contribution in [3.05, 3.63) is 27.0 Å². The Morgan fingerprint density at radius 1 is 1.43 bits per heavy atom. The Kier molecular flexibility index (Phi) is 7.97. The van der Waals surface area contributed by atoms with E-state index in [-0.39, 0.29) is 36.8 Å². The first-order chi connectivity index (χ1) is 10.1. The van der Waals surface area contributed by atoms with E-state index >= 15 is 0 Å². The highest BCUT2D eigenvalue weighted by atomic mass is 79.9. The molecule has 0 radical (unpaired) electrons. The van der Waals surface area contributed by atoms with Crippen LogP contribution >= 0.6 is 63.4 Å². The number of hydrogen-bond donors (Lipinski definition) is 1. The molecule has 2 aromatic heterocycles. The Bertz CT molecular complexity index is 664. The van der Waals surface area contributed by atoms with E-state index in [0.29, 0.717) is 18.2 Å². The number of nitrogens with zero attached hydrogens (tertiary/aromatic N) is 2. The Morgan fingerprint density at radius 3 is 2.74 bits per heavy atom. The van der Waals surface area contributed by atoms with Gasteiger partial charge in [-0.2, -0.15) is 0 Å². The van der Waals surface area contributed by atoms with Crippen LogP contribution in [0.15, 0.2) is 21.3 Å². The highest BCUT2D eigenvalue weighted by Crippen LogP contribution is 2.33. The maximum absolute atomic E-state index is 12.6. The highest BCUT2D eigenvalue weighted by Gasteiger charge is 2.33. The van der Waals surface area contributed by atoms with Crippen LogP contribution in [-0.4, -0.2) is 34.9 Å². The summed E-state index contributed by atoms with van der Waals surface area (Å²) < 4.78 is 1.05. The SMILES string of the molecule is CC1CC(CN)CN1C(=O)c1csc(-c2cc(Br)cs2)n1.Cl.Cl.